The fourth-order valence-corrected chi connectivity index (χ4v) is 2.46. The minimum absolute atomic E-state index is 0.142. The lowest BCUT2D eigenvalue weighted by molar-refractivity contribution is 0.187. The van der Waals surface area contributed by atoms with E-state index in [1.807, 2.05) is 48.5 Å². The van der Waals surface area contributed by atoms with E-state index in [1.165, 1.54) is 6.42 Å². The molecule has 1 atom stereocenters. The number of ether oxygens (including phenoxy) is 3. The summed E-state index contributed by atoms with van der Waals surface area (Å²) in [6.45, 7) is 1.55. The number of benzene rings is 2. The average molecular weight is 299 g/mol. The Bertz CT molecular complexity index is 592. The summed E-state index contributed by atoms with van der Waals surface area (Å²) in [5.74, 6) is 2.54. The zero-order valence-electron chi connectivity index (χ0n) is 12.7. The van der Waals surface area contributed by atoms with Gasteiger partial charge in [0.1, 0.15) is 30.1 Å². The van der Waals surface area contributed by atoms with Gasteiger partial charge < -0.3 is 14.2 Å². The minimum Gasteiger partial charge on any atom is -0.497 e. The van der Waals surface area contributed by atoms with Crippen molar-refractivity contribution in [1.29, 1.82) is 0 Å². The van der Waals surface area contributed by atoms with Gasteiger partial charge in [0, 0.05) is 0 Å². The van der Waals surface area contributed by atoms with Crippen molar-refractivity contribution in [3.63, 3.8) is 0 Å². The maximum absolute atomic E-state index is 5.84. The Labute approximate surface area is 131 Å². The molecule has 1 N–H and O–H groups in total. The van der Waals surface area contributed by atoms with Crippen molar-refractivity contribution >= 4 is 0 Å². The van der Waals surface area contributed by atoms with Crippen molar-refractivity contribution in [3.8, 4) is 17.2 Å². The van der Waals surface area contributed by atoms with E-state index in [0.29, 0.717) is 6.61 Å². The molecule has 116 valence electrons. The van der Waals surface area contributed by atoms with Gasteiger partial charge in [0.05, 0.1) is 7.11 Å². The van der Waals surface area contributed by atoms with Crippen molar-refractivity contribution in [1.82, 2.24) is 5.32 Å². The summed E-state index contributed by atoms with van der Waals surface area (Å²) in [6, 6.07) is 15.6. The maximum Gasteiger partial charge on any atom is 0.150 e. The monoisotopic (exact) mass is 299 g/mol. The fourth-order valence-electron chi connectivity index (χ4n) is 2.46. The largest absolute Gasteiger partial charge is 0.497 e. The Hall–Kier alpha value is -2.20. The summed E-state index contributed by atoms with van der Waals surface area (Å²) in [6.07, 6.45) is 2.38. The van der Waals surface area contributed by atoms with E-state index in [4.69, 9.17) is 14.2 Å². The molecule has 0 saturated carbocycles. The molecule has 0 spiro atoms. The third-order valence-corrected chi connectivity index (χ3v) is 3.66. The molecule has 1 fully saturated rings. The van der Waals surface area contributed by atoms with E-state index in [1.54, 1.807) is 7.11 Å². The van der Waals surface area contributed by atoms with Gasteiger partial charge in [0.25, 0.3) is 0 Å². The SMILES string of the molecule is COc1cccc(COc2ccc(OC3CCCN3)cc2)c1. The normalized spacial score (nSPS) is 17.2. The first-order chi connectivity index (χ1) is 10.8. The van der Waals surface area contributed by atoms with Gasteiger partial charge in [-0.3, -0.25) is 5.32 Å². The van der Waals surface area contributed by atoms with Crippen molar-refractivity contribution in [3.05, 3.63) is 54.1 Å². The highest BCUT2D eigenvalue weighted by molar-refractivity contribution is 5.32. The van der Waals surface area contributed by atoms with E-state index in [0.717, 1.165) is 35.8 Å². The number of rotatable bonds is 6. The molecule has 3 rings (SSSR count). The lowest BCUT2D eigenvalue weighted by Crippen LogP contribution is -2.27. The van der Waals surface area contributed by atoms with Gasteiger partial charge in [-0.2, -0.15) is 0 Å². The van der Waals surface area contributed by atoms with Crippen LogP contribution in [0.25, 0.3) is 0 Å². The summed E-state index contributed by atoms with van der Waals surface area (Å²) in [5.41, 5.74) is 1.08. The molecular weight excluding hydrogens is 278 g/mol. The van der Waals surface area contributed by atoms with Gasteiger partial charge in [0.2, 0.25) is 0 Å². The van der Waals surface area contributed by atoms with Crippen LogP contribution in [-0.2, 0) is 6.61 Å². The lowest BCUT2D eigenvalue weighted by atomic mass is 10.2. The average Bonchev–Trinajstić information content (AvgIpc) is 3.07. The molecular formula is C18H21NO3. The Morgan fingerprint density at radius 3 is 2.59 bits per heavy atom. The molecule has 22 heavy (non-hydrogen) atoms. The summed E-state index contributed by atoms with van der Waals surface area (Å²) in [5, 5.41) is 3.31. The molecule has 0 amide bonds. The second kappa shape index (κ2) is 7.18. The topological polar surface area (TPSA) is 39.7 Å². The highest BCUT2D eigenvalue weighted by Gasteiger charge is 2.15. The van der Waals surface area contributed by atoms with Crippen LogP contribution in [0.4, 0.5) is 0 Å². The number of hydrogen-bond acceptors (Lipinski definition) is 4. The van der Waals surface area contributed by atoms with Crippen LogP contribution in [0.2, 0.25) is 0 Å². The van der Waals surface area contributed by atoms with Crippen LogP contribution >= 0.6 is 0 Å². The number of hydrogen-bond donors (Lipinski definition) is 1. The van der Waals surface area contributed by atoms with Crippen molar-refractivity contribution in [2.45, 2.75) is 25.7 Å². The molecule has 1 saturated heterocycles. The summed E-state index contributed by atoms with van der Waals surface area (Å²) in [4.78, 5) is 0. The van der Waals surface area contributed by atoms with E-state index < -0.39 is 0 Å². The lowest BCUT2D eigenvalue weighted by Gasteiger charge is -2.14. The summed E-state index contributed by atoms with van der Waals surface area (Å²) >= 11 is 0. The van der Waals surface area contributed by atoms with E-state index in [-0.39, 0.29) is 6.23 Å². The zero-order chi connectivity index (χ0) is 15.2. The molecule has 1 aliphatic heterocycles. The van der Waals surface area contributed by atoms with Gasteiger partial charge in [-0.25, -0.2) is 0 Å². The molecule has 1 aliphatic rings. The first-order valence-electron chi connectivity index (χ1n) is 7.59. The zero-order valence-corrected chi connectivity index (χ0v) is 12.7. The second-order valence-corrected chi connectivity index (χ2v) is 5.31. The van der Waals surface area contributed by atoms with Crippen molar-refractivity contribution in [2.75, 3.05) is 13.7 Å². The van der Waals surface area contributed by atoms with Gasteiger partial charge in [0.15, 0.2) is 0 Å². The summed E-state index contributed by atoms with van der Waals surface area (Å²) in [7, 11) is 1.66. The molecule has 2 aromatic rings. The van der Waals surface area contributed by atoms with E-state index >= 15 is 0 Å². The molecule has 0 aromatic heterocycles. The number of methoxy groups -OCH3 is 1. The molecule has 4 heteroatoms. The van der Waals surface area contributed by atoms with Crippen LogP contribution in [0.1, 0.15) is 18.4 Å². The van der Waals surface area contributed by atoms with Crippen LogP contribution in [0.3, 0.4) is 0 Å². The van der Waals surface area contributed by atoms with Gasteiger partial charge in [-0.15, -0.1) is 0 Å². The van der Waals surface area contributed by atoms with Crippen LogP contribution in [0.5, 0.6) is 17.2 Å². The molecule has 0 radical (unpaired) electrons. The number of nitrogens with one attached hydrogen (secondary N) is 1. The molecule has 0 bridgehead atoms. The Morgan fingerprint density at radius 2 is 1.86 bits per heavy atom. The Morgan fingerprint density at radius 1 is 1.05 bits per heavy atom. The minimum atomic E-state index is 0.142. The highest BCUT2D eigenvalue weighted by Crippen LogP contribution is 2.21. The summed E-state index contributed by atoms with van der Waals surface area (Å²) < 4.78 is 16.8. The van der Waals surface area contributed by atoms with Crippen LogP contribution in [0.15, 0.2) is 48.5 Å². The Kier molecular flexibility index (Phi) is 4.81. The third-order valence-electron chi connectivity index (χ3n) is 3.66. The van der Waals surface area contributed by atoms with Gasteiger partial charge in [-0.05, 0) is 61.3 Å². The first kappa shape index (κ1) is 14.7. The van der Waals surface area contributed by atoms with Gasteiger partial charge in [-0.1, -0.05) is 12.1 Å². The standard InChI is InChI=1S/C18H21NO3/c1-20-17-5-2-4-14(12-17)13-21-15-7-9-16(10-8-15)22-18-6-3-11-19-18/h2,4-5,7-10,12,18-19H,3,6,11,13H2,1H3. The highest BCUT2D eigenvalue weighted by atomic mass is 16.5. The second-order valence-electron chi connectivity index (χ2n) is 5.31. The van der Waals surface area contributed by atoms with Crippen LogP contribution in [-0.4, -0.2) is 19.9 Å². The molecule has 1 heterocycles. The van der Waals surface area contributed by atoms with Crippen molar-refractivity contribution in [2.24, 2.45) is 0 Å². The predicted molar refractivity (Wildman–Crippen MR) is 85.4 cm³/mol. The predicted octanol–water partition coefficient (Wildman–Crippen LogP) is 3.36. The first-order valence-corrected chi connectivity index (χ1v) is 7.59. The third kappa shape index (κ3) is 3.92. The van der Waals surface area contributed by atoms with Crippen molar-refractivity contribution < 1.29 is 14.2 Å². The van der Waals surface area contributed by atoms with Gasteiger partial charge >= 0.3 is 0 Å². The van der Waals surface area contributed by atoms with Crippen LogP contribution < -0.4 is 19.5 Å². The Balaban J connectivity index is 1.54. The smallest absolute Gasteiger partial charge is 0.150 e. The van der Waals surface area contributed by atoms with Crippen LogP contribution in [0, 0.1) is 0 Å². The molecule has 1 unspecified atom stereocenters. The fraction of sp³-hybridized carbons (Fsp3) is 0.333. The molecule has 2 aromatic carbocycles. The van der Waals surface area contributed by atoms with E-state index in [2.05, 4.69) is 5.32 Å². The maximum atomic E-state index is 5.84. The molecule has 0 aliphatic carbocycles. The van der Waals surface area contributed by atoms with E-state index in [9.17, 15) is 0 Å². The molecule has 4 nitrogen and oxygen atoms in total. The quantitative estimate of drug-likeness (QED) is 0.888.